The Labute approximate surface area is 139 Å². The number of carbonyl (C=O) groups is 2. The molecule has 7 heteroatoms. The summed E-state index contributed by atoms with van der Waals surface area (Å²) in [6.07, 6.45) is 5.72. The van der Waals surface area contributed by atoms with Crippen molar-refractivity contribution < 1.29 is 14.0 Å². The standard InChI is InChI=1S/C17H19FN4O2/c18-12-4-1-5-13(10-12)20-16(23)11-22-9-3-6-14(22)17(24)21-15-7-2-8-19-15/h1-2,4-5,8,10,14H,3,6-7,9,11H2,(H,20,23)(H,19,21,24)/t14-/m0/s1. The zero-order chi connectivity index (χ0) is 16.9. The summed E-state index contributed by atoms with van der Waals surface area (Å²) < 4.78 is 13.2. The van der Waals surface area contributed by atoms with Crippen LogP contribution in [0.2, 0.25) is 0 Å². The normalized spacial score (nSPS) is 20.0. The van der Waals surface area contributed by atoms with Crippen LogP contribution in [0, 0.1) is 5.82 Å². The van der Waals surface area contributed by atoms with Crippen molar-refractivity contribution in [2.75, 3.05) is 18.4 Å². The van der Waals surface area contributed by atoms with Crippen LogP contribution in [0.15, 0.2) is 41.5 Å². The monoisotopic (exact) mass is 330 g/mol. The van der Waals surface area contributed by atoms with Crippen molar-refractivity contribution in [1.29, 1.82) is 0 Å². The second-order valence-corrected chi connectivity index (χ2v) is 5.84. The third-order valence-electron chi connectivity index (χ3n) is 4.04. The highest BCUT2D eigenvalue weighted by Gasteiger charge is 2.32. The molecule has 1 atom stereocenters. The van der Waals surface area contributed by atoms with Gasteiger partial charge >= 0.3 is 0 Å². The van der Waals surface area contributed by atoms with E-state index in [-0.39, 0.29) is 24.4 Å². The molecule has 3 rings (SSSR count). The summed E-state index contributed by atoms with van der Waals surface area (Å²) in [6, 6.07) is 5.40. The van der Waals surface area contributed by atoms with Gasteiger partial charge in [0.2, 0.25) is 11.8 Å². The van der Waals surface area contributed by atoms with Gasteiger partial charge in [-0.25, -0.2) is 9.38 Å². The van der Waals surface area contributed by atoms with E-state index in [1.807, 2.05) is 11.0 Å². The molecule has 2 amide bonds. The van der Waals surface area contributed by atoms with Gasteiger partial charge in [-0.1, -0.05) is 12.1 Å². The SMILES string of the molecule is O=C(CN1CCC[C@H]1C(=O)NC1=NC=CC1)Nc1cccc(F)c1. The minimum atomic E-state index is -0.405. The zero-order valence-corrected chi connectivity index (χ0v) is 13.2. The number of nitrogens with zero attached hydrogens (tertiary/aromatic N) is 2. The Balaban J connectivity index is 1.55. The Morgan fingerprint density at radius 3 is 2.96 bits per heavy atom. The van der Waals surface area contributed by atoms with Crippen LogP contribution in [0.4, 0.5) is 10.1 Å². The van der Waals surface area contributed by atoms with Crippen molar-refractivity contribution in [2.24, 2.45) is 4.99 Å². The Morgan fingerprint density at radius 1 is 1.33 bits per heavy atom. The van der Waals surface area contributed by atoms with Gasteiger partial charge in [-0.05, 0) is 37.6 Å². The van der Waals surface area contributed by atoms with Crippen molar-refractivity contribution in [3.8, 4) is 0 Å². The minimum absolute atomic E-state index is 0.0966. The van der Waals surface area contributed by atoms with Crippen LogP contribution in [0.5, 0.6) is 0 Å². The molecule has 1 fully saturated rings. The van der Waals surface area contributed by atoms with Gasteiger partial charge in [-0.3, -0.25) is 14.5 Å². The Kier molecular flexibility index (Phi) is 5.00. The maximum Gasteiger partial charge on any atom is 0.242 e. The molecule has 0 radical (unpaired) electrons. The number of anilines is 1. The lowest BCUT2D eigenvalue weighted by molar-refractivity contribution is -0.125. The van der Waals surface area contributed by atoms with E-state index in [0.717, 1.165) is 6.42 Å². The zero-order valence-electron chi connectivity index (χ0n) is 13.2. The van der Waals surface area contributed by atoms with Crippen LogP contribution >= 0.6 is 0 Å². The smallest absolute Gasteiger partial charge is 0.242 e. The number of rotatable bonds is 4. The van der Waals surface area contributed by atoms with Gasteiger partial charge in [0, 0.05) is 18.3 Å². The second kappa shape index (κ2) is 7.35. The van der Waals surface area contributed by atoms with Gasteiger partial charge in [0.1, 0.15) is 11.7 Å². The van der Waals surface area contributed by atoms with E-state index in [2.05, 4.69) is 15.6 Å². The molecule has 6 nitrogen and oxygen atoms in total. The number of benzene rings is 1. The quantitative estimate of drug-likeness (QED) is 0.882. The molecule has 0 aromatic heterocycles. The van der Waals surface area contributed by atoms with Gasteiger partial charge in [-0.2, -0.15) is 0 Å². The van der Waals surface area contributed by atoms with Gasteiger partial charge in [0.25, 0.3) is 0 Å². The fourth-order valence-corrected chi connectivity index (χ4v) is 2.93. The molecule has 24 heavy (non-hydrogen) atoms. The molecule has 0 unspecified atom stereocenters. The summed E-state index contributed by atoms with van der Waals surface area (Å²) >= 11 is 0. The molecule has 2 N–H and O–H groups in total. The topological polar surface area (TPSA) is 73.8 Å². The van der Waals surface area contributed by atoms with Crippen molar-refractivity contribution in [1.82, 2.24) is 10.2 Å². The van der Waals surface area contributed by atoms with Crippen LogP contribution in [0.1, 0.15) is 19.3 Å². The number of carbonyl (C=O) groups excluding carboxylic acids is 2. The summed E-state index contributed by atoms with van der Waals surface area (Å²) in [5, 5.41) is 5.46. The molecular weight excluding hydrogens is 311 g/mol. The molecule has 1 aromatic rings. The number of nitrogens with one attached hydrogen (secondary N) is 2. The van der Waals surface area contributed by atoms with Crippen molar-refractivity contribution in [2.45, 2.75) is 25.3 Å². The fourth-order valence-electron chi connectivity index (χ4n) is 2.93. The van der Waals surface area contributed by atoms with Crippen LogP contribution in [-0.2, 0) is 9.59 Å². The highest BCUT2D eigenvalue weighted by Crippen LogP contribution is 2.18. The number of aliphatic imine (C=N–C) groups is 1. The predicted molar refractivity (Wildman–Crippen MR) is 89.0 cm³/mol. The average molecular weight is 330 g/mol. The first-order valence-corrected chi connectivity index (χ1v) is 7.94. The first-order valence-electron chi connectivity index (χ1n) is 7.94. The maximum absolute atomic E-state index is 13.2. The van der Waals surface area contributed by atoms with Crippen molar-refractivity contribution in [3.63, 3.8) is 0 Å². The number of halogens is 1. The molecule has 0 saturated carbocycles. The summed E-state index contributed by atoms with van der Waals surface area (Å²) in [7, 11) is 0. The second-order valence-electron chi connectivity index (χ2n) is 5.84. The minimum Gasteiger partial charge on any atom is -0.325 e. The number of likely N-dealkylation sites (tertiary alicyclic amines) is 1. The largest absolute Gasteiger partial charge is 0.325 e. The summed E-state index contributed by atoms with van der Waals surface area (Å²) in [5.74, 6) is -0.165. The highest BCUT2D eigenvalue weighted by atomic mass is 19.1. The lowest BCUT2D eigenvalue weighted by atomic mass is 10.2. The van der Waals surface area contributed by atoms with E-state index in [9.17, 15) is 14.0 Å². The summed E-state index contributed by atoms with van der Waals surface area (Å²) in [6.45, 7) is 0.776. The first-order chi connectivity index (χ1) is 11.6. The van der Waals surface area contributed by atoms with Crippen molar-refractivity contribution in [3.05, 3.63) is 42.4 Å². The van der Waals surface area contributed by atoms with E-state index in [4.69, 9.17) is 0 Å². The van der Waals surface area contributed by atoms with E-state index >= 15 is 0 Å². The summed E-state index contributed by atoms with van der Waals surface area (Å²) in [5.41, 5.74) is 0.409. The van der Waals surface area contributed by atoms with Gasteiger partial charge in [-0.15, -0.1) is 0 Å². The molecule has 2 aliphatic heterocycles. The molecule has 2 aliphatic rings. The third-order valence-corrected chi connectivity index (χ3v) is 4.04. The van der Waals surface area contributed by atoms with Crippen LogP contribution in [0.25, 0.3) is 0 Å². The van der Waals surface area contributed by atoms with E-state index in [1.165, 1.54) is 18.2 Å². The Bertz CT molecular complexity index is 702. The predicted octanol–water partition coefficient (Wildman–Crippen LogP) is 1.66. The number of hydrogen-bond acceptors (Lipinski definition) is 4. The fraction of sp³-hybridized carbons (Fsp3) is 0.353. The molecule has 126 valence electrons. The highest BCUT2D eigenvalue weighted by molar-refractivity contribution is 6.02. The molecule has 1 saturated heterocycles. The number of amides is 2. The van der Waals surface area contributed by atoms with Crippen molar-refractivity contribution >= 4 is 23.3 Å². The van der Waals surface area contributed by atoms with E-state index < -0.39 is 5.82 Å². The average Bonchev–Trinajstić information content (AvgIpc) is 3.18. The van der Waals surface area contributed by atoms with Gasteiger partial charge in [0.05, 0.1) is 12.6 Å². The maximum atomic E-state index is 13.2. The van der Waals surface area contributed by atoms with Gasteiger partial charge in [0.15, 0.2) is 0 Å². The van der Waals surface area contributed by atoms with E-state index in [0.29, 0.717) is 30.9 Å². The molecule has 0 bridgehead atoms. The lowest BCUT2D eigenvalue weighted by Gasteiger charge is -2.23. The van der Waals surface area contributed by atoms with Crippen LogP contribution < -0.4 is 10.6 Å². The summed E-state index contributed by atoms with van der Waals surface area (Å²) in [4.78, 5) is 30.4. The third kappa shape index (κ3) is 4.05. The number of amidine groups is 1. The molecule has 1 aromatic carbocycles. The molecule has 2 heterocycles. The van der Waals surface area contributed by atoms with E-state index in [1.54, 1.807) is 12.3 Å². The molecule has 0 aliphatic carbocycles. The molecule has 0 spiro atoms. The Morgan fingerprint density at radius 2 is 2.21 bits per heavy atom. The van der Waals surface area contributed by atoms with Crippen LogP contribution in [0.3, 0.4) is 0 Å². The van der Waals surface area contributed by atoms with Gasteiger partial charge < -0.3 is 10.6 Å². The lowest BCUT2D eigenvalue weighted by Crippen LogP contribution is -2.47. The number of hydrogen-bond donors (Lipinski definition) is 2. The Hall–Kier alpha value is -2.54. The first kappa shape index (κ1) is 16.3. The molecular formula is C17H19FN4O2. The van der Waals surface area contributed by atoms with Crippen LogP contribution in [-0.4, -0.2) is 41.7 Å².